The van der Waals surface area contributed by atoms with Crippen LogP contribution in [0.5, 0.6) is 0 Å². The number of carbonyl (C=O) groups is 1. The van der Waals surface area contributed by atoms with E-state index in [0.717, 1.165) is 10.4 Å². The molecule has 0 radical (unpaired) electrons. The lowest BCUT2D eigenvalue weighted by atomic mass is 9.97. The molecule has 4 atom stereocenters. The normalized spacial score (nSPS) is 26.4. The van der Waals surface area contributed by atoms with Gasteiger partial charge in [-0.2, -0.15) is 4.31 Å². The van der Waals surface area contributed by atoms with Gasteiger partial charge in [-0.1, -0.05) is 12.1 Å². The lowest BCUT2D eigenvalue weighted by Crippen LogP contribution is -2.54. The molecule has 2 fully saturated rings. The summed E-state index contributed by atoms with van der Waals surface area (Å²) in [7, 11) is -3.03. The highest BCUT2D eigenvalue weighted by molar-refractivity contribution is 7.89. The highest BCUT2D eigenvalue weighted by atomic mass is 32.2. The molecule has 0 bridgehead atoms. The molecule has 12 heteroatoms. The van der Waals surface area contributed by atoms with Crippen LogP contribution < -0.4 is 0 Å². The first kappa shape index (κ1) is 22.6. The molecular formula is C18H24N2O9S. The molecule has 3 rings (SSSR count). The second-order valence-electron chi connectivity index (χ2n) is 7.16. The van der Waals surface area contributed by atoms with Crippen molar-refractivity contribution in [3.8, 4) is 0 Å². The monoisotopic (exact) mass is 444 g/mol. The molecule has 1 aromatic rings. The number of sulfonamides is 1. The first-order chi connectivity index (χ1) is 14.3. The number of epoxide rings is 1. The Morgan fingerprint density at radius 3 is 2.63 bits per heavy atom. The van der Waals surface area contributed by atoms with Crippen LogP contribution >= 0.6 is 0 Å². The second-order valence-corrected chi connectivity index (χ2v) is 9.02. The van der Waals surface area contributed by atoms with Gasteiger partial charge >= 0.3 is 5.97 Å². The van der Waals surface area contributed by atoms with Crippen LogP contribution in [0.2, 0.25) is 0 Å². The van der Waals surface area contributed by atoms with E-state index in [4.69, 9.17) is 9.47 Å². The number of hydrogen-bond acceptors (Lipinski definition) is 9. The summed E-state index contributed by atoms with van der Waals surface area (Å²) in [5, 5.41) is 21.2. The molecular weight excluding hydrogens is 420 g/mol. The lowest BCUT2D eigenvalue weighted by molar-refractivity contribution is -0.387. The van der Waals surface area contributed by atoms with E-state index in [1.54, 1.807) is 0 Å². The number of para-hydroxylation sites is 1. The van der Waals surface area contributed by atoms with Gasteiger partial charge in [0.15, 0.2) is 4.90 Å². The van der Waals surface area contributed by atoms with Crippen LogP contribution in [-0.2, 0) is 29.0 Å². The molecule has 0 amide bonds. The fourth-order valence-electron chi connectivity index (χ4n) is 3.60. The smallest absolute Gasteiger partial charge is 0.308 e. The van der Waals surface area contributed by atoms with Gasteiger partial charge in [-0.3, -0.25) is 14.9 Å². The number of esters is 1. The van der Waals surface area contributed by atoms with Crippen molar-refractivity contribution in [1.29, 1.82) is 0 Å². The number of rotatable bonds is 9. The van der Waals surface area contributed by atoms with E-state index in [-0.39, 0.29) is 19.1 Å². The third-order valence-corrected chi connectivity index (χ3v) is 7.13. The summed E-state index contributed by atoms with van der Waals surface area (Å²) in [6, 6.07) is 4.36. The summed E-state index contributed by atoms with van der Waals surface area (Å²) in [6.07, 6.45) is -1.08. The molecule has 0 unspecified atom stereocenters. The van der Waals surface area contributed by atoms with E-state index in [2.05, 4.69) is 4.74 Å². The van der Waals surface area contributed by atoms with Crippen molar-refractivity contribution < 1.29 is 37.5 Å². The Hall–Kier alpha value is -2.12. The van der Waals surface area contributed by atoms with Gasteiger partial charge in [0.05, 0.1) is 56.0 Å². The number of methoxy groups -OCH3 is 1. The first-order valence-electron chi connectivity index (χ1n) is 9.48. The van der Waals surface area contributed by atoms with Gasteiger partial charge < -0.3 is 19.3 Å². The molecule has 166 valence electrons. The summed E-state index contributed by atoms with van der Waals surface area (Å²) >= 11 is 0. The van der Waals surface area contributed by atoms with E-state index in [1.807, 2.05) is 0 Å². The van der Waals surface area contributed by atoms with E-state index in [1.165, 1.54) is 25.3 Å². The largest absolute Gasteiger partial charge is 0.469 e. The Labute approximate surface area is 173 Å². The molecule has 2 heterocycles. The minimum absolute atomic E-state index is 0.0115. The van der Waals surface area contributed by atoms with Gasteiger partial charge in [-0.25, -0.2) is 8.42 Å². The highest BCUT2D eigenvalue weighted by Gasteiger charge is 2.45. The zero-order valence-corrected chi connectivity index (χ0v) is 17.2. The zero-order chi connectivity index (χ0) is 21.9. The molecule has 0 saturated carbocycles. The summed E-state index contributed by atoms with van der Waals surface area (Å²) in [5.74, 6) is -0.467. The van der Waals surface area contributed by atoms with E-state index < -0.39 is 56.4 Å². The number of nitrogens with zero attached hydrogens (tertiary/aromatic N) is 2. The van der Waals surface area contributed by atoms with Crippen molar-refractivity contribution in [1.82, 2.24) is 4.31 Å². The Morgan fingerprint density at radius 2 is 2.03 bits per heavy atom. The number of aliphatic hydroxyl groups excluding tert-OH is 1. The Morgan fingerprint density at radius 1 is 1.33 bits per heavy atom. The molecule has 30 heavy (non-hydrogen) atoms. The van der Waals surface area contributed by atoms with Crippen LogP contribution in [0.1, 0.15) is 19.3 Å². The number of carbonyl (C=O) groups excluding carboxylic acids is 1. The number of benzene rings is 1. The van der Waals surface area contributed by atoms with Gasteiger partial charge in [-0.15, -0.1) is 0 Å². The quantitative estimate of drug-likeness (QED) is 0.248. The van der Waals surface area contributed by atoms with Crippen LogP contribution in [0.4, 0.5) is 5.69 Å². The van der Waals surface area contributed by atoms with E-state index >= 15 is 0 Å². The molecule has 2 aliphatic heterocycles. The maximum Gasteiger partial charge on any atom is 0.308 e. The molecule has 0 aliphatic carbocycles. The topological polar surface area (TPSA) is 149 Å². The van der Waals surface area contributed by atoms with Crippen LogP contribution in [0, 0.1) is 10.1 Å². The van der Waals surface area contributed by atoms with Crippen molar-refractivity contribution >= 4 is 21.7 Å². The maximum atomic E-state index is 13.4. The third-order valence-electron chi connectivity index (χ3n) is 5.19. The number of hydrogen-bond donors (Lipinski definition) is 1. The summed E-state index contributed by atoms with van der Waals surface area (Å²) < 4.78 is 43.6. The minimum Gasteiger partial charge on any atom is -0.469 e. The van der Waals surface area contributed by atoms with Crippen LogP contribution in [0.25, 0.3) is 0 Å². The fourth-order valence-corrected chi connectivity index (χ4v) is 5.47. The van der Waals surface area contributed by atoms with E-state index in [9.17, 15) is 28.4 Å². The fraction of sp³-hybridized carbons (Fsp3) is 0.611. The predicted molar refractivity (Wildman–Crippen MR) is 102 cm³/mol. The number of nitro benzene ring substituents is 1. The second kappa shape index (κ2) is 9.35. The molecule has 1 N–H and O–H groups in total. The third kappa shape index (κ3) is 4.95. The minimum atomic E-state index is -4.29. The summed E-state index contributed by atoms with van der Waals surface area (Å²) in [5.41, 5.74) is -0.528. The molecule has 2 aliphatic rings. The van der Waals surface area contributed by atoms with E-state index in [0.29, 0.717) is 19.4 Å². The highest BCUT2D eigenvalue weighted by Crippen LogP contribution is 2.34. The van der Waals surface area contributed by atoms with Crippen molar-refractivity contribution in [2.24, 2.45) is 0 Å². The first-order valence-corrected chi connectivity index (χ1v) is 10.9. The zero-order valence-electron chi connectivity index (χ0n) is 16.4. The average molecular weight is 444 g/mol. The van der Waals surface area contributed by atoms with Crippen molar-refractivity contribution in [2.75, 3.05) is 26.9 Å². The van der Waals surface area contributed by atoms with Gasteiger partial charge in [-0.05, 0) is 18.9 Å². The molecule has 0 spiro atoms. The van der Waals surface area contributed by atoms with Crippen molar-refractivity contribution in [3.05, 3.63) is 34.4 Å². The SMILES string of the molecule is COC(=O)C[C@H]1CC[C@H](N(C[C@@H]2CO2)S(=O)(=O)c2ccccc2[N+](=O)[O-])[C@@H](CO)O1. The number of aliphatic hydroxyl groups is 1. The Kier molecular flexibility index (Phi) is 7.03. The standard InChI is InChI=1S/C18H24N2O9S/c1-27-18(22)8-12-6-7-14(16(10-21)29-12)19(9-13-11-28-13)30(25,26)17-5-3-2-4-15(17)20(23)24/h2-5,12-14,16,21H,6-11H2,1H3/t12-,13-,14+,16-/m1/s1. The summed E-state index contributed by atoms with van der Waals surface area (Å²) in [4.78, 5) is 21.8. The molecule has 0 aromatic heterocycles. The molecule has 1 aromatic carbocycles. The van der Waals surface area contributed by atoms with Gasteiger partial charge in [0.1, 0.15) is 0 Å². The van der Waals surface area contributed by atoms with Gasteiger partial charge in [0.25, 0.3) is 5.69 Å². The van der Waals surface area contributed by atoms with Crippen LogP contribution in [-0.4, -0.2) is 79.9 Å². The maximum absolute atomic E-state index is 13.4. The van der Waals surface area contributed by atoms with Gasteiger partial charge in [0, 0.05) is 12.6 Å². The van der Waals surface area contributed by atoms with Gasteiger partial charge in [0.2, 0.25) is 10.0 Å². The Balaban J connectivity index is 1.90. The van der Waals surface area contributed by atoms with Crippen LogP contribution in [0.15, 0.2) is 29.2 Å². The lowest BCUT2D eigenvalue weighted by Gasteiger charge is -2.40. The Bertz CT molecular complexity index is 887. The number of ether oxygens (including phenoxy) is 3. The predicted octanol–water partition coefficient (Wildman–Crippen LogP) is 0.456. The molecule has 2 saturated heterocycles. The van der Waals surface area contributed by atoms with Crippen molar-refractivity contribution in [2.45, 2.75) is 48.5 Å². The van der Waals surface area contributed by atoms with Crippen molar-refractivity contribution in [3.63, 3.8) is 0 Å². The summed E-state index contributed by atoms with van der Waals surface area (Å²) in [6.45, 7) is -0.109. The van der Waals surface area contributed by atoms with Crippen LogP contribution in [0.3, 0.4) is 0 Å². The average Bonchev–Trinajstić information content (AvgIpc) is 3.56. The molecule has 11 nitrogen and oxygen atoms in total. The number of nitro groups is 1.